The molecule has 0 aromatic heterocycles. The highest BCUT2D eigenvalue weighted by Crippen LogP contribution is 2.03. The molecule has 0 amide bonds. The monoisotopic (exact) mass is 198 g/mol. The van der Waals surface area contributed by atoms with Crippen LogP contribution in [0.4, 0.5) is 0 Å². The highest BCUT2D eigenvalue weighted by Gasteiger charge is 2.09. The van der Waals surface area contributed by atoms with Gasteiger partial charge >= 0.3 is 0 Å². The van der Waals surface area contributed by atoms with Crippen LogP contribution in [0.3, 0.4) is 0 Å². The lowest BCUT2D eigenvalue weighted by Crippen LogP contribution is -2.28. The van der Waals surface area contributed by atoms with Crippen LogP contribution in [0.5, 0.6) is 0 Å². The van der Waals surface area contributed by atoms with Gasteiger partial charge in [-0.3, -0.25) is 5.01 Å². The second-order valence-electron chi connectivity index (χ2n) is 2.51. The topological polar surface area (TPSA) is 32.7 Å². The Labute approximate surface area is 76.6 Å². The van der Waals surface area contributed by atoms with E-state index in [-0.39, 0.29) is 10.8 Å². The number of rotatable bonds is 5. The summed E-state index contributed by atoms with van der Waals surface area (Å²) in [6, 6.07) is 0. The Morgan fingerprint density at radius 1 is 1.27 bits per heavy atom. The van der Waals surface area contributed by atoms with Crippen molar-refractivity contribution in [2.75, 3.05) is 13.1 Å². The van der Waals surface area contributed by atoms with E-state index in [2.05, 4.69) is 5.29 Å². The van der Waals surface area contributed by atoms with E-state index in [1.54, 1.807) is 13.8 Å². The van der Waals surface area contributed by atoms with Crippen molar-refractivity contribution >= 4 is 23.2 Å². The SMILES string of the molecule is CC(Cl)CN(CC(C)Cl)N=O. The zero-order valence-electron chi connectivity index (χ0n) is 6.63. The van der Waals surface area contributed by atoms with Crippen LogP contribution >= 0.6 is 23.2 Å². The first-order chi connectivity index (χ1) is 5.06. The maximum Gasteiger partial charge on any atom is 0.0554 e. The van der Waals surface area contributed by atoms with E-state index in [9.17, 15) is 4.91 Å². The number of nitrogens with zero attached hydrogens (tertiary/aromatic N) is 2. The number of hydrogen-bond donors (Lipinski definition) is 0. The van der Waals surface area contributed by atoms with E-state index in [0.29, 0.717) is 13.1 Å². The molecular weight excluding hydrogens is 187 g/mol. The molecule has 0 N–H and O–H groups in total. The van der Waals surface area contributed by atoms with Gasteiger partial charge < -0.3 is 0 Å². The lowest BCUT2D eigenvalue weighted by Gasteiger charge is -2.17. The van der Waals surface area contributed by atoms with Crippen molar-refractivity contribution in [1.82, 2.24) is 5.01 Å². The van der Waals surface area contributed by atoms with Gasteiger partial charge in [0.2, 0.25) is 0 Å². The molecule has 0 aliphatic carbocycles. The molecular formula is C6H12Cl2N2O. The largest absolute Gasteiger partial charge is 0.258 e. The van der Waals surface area contributed by atoms with Gasteiger partial charge in [-0.1, -0.05) is 0 Å². The summed E-state index contributed by atoms with van der Waals surface area (Å²) in [7, 11) is 0. The van der Waals surface area contributed by atoms with E-state index < -0.39 is 0 Å². The first kappa shape index (κ1) is 11.0. The maximum atomic E-state index is 10.1. The Morgan fingerprint density at radius 3 is 1.82 bits per heavy atom. The lowest BCUT2D eigenvalue weighted by atomic mass is 10.4. The zero-order chi connectivity index (χ0) is 8.85. The van der Waals surface area contributed by atoms with Crippen LogP contribution in [-0.2, 0) is 0 Å². The van der Waals surface area contributed by atoms with Gasteiger partial charge in [-0.15, -0.1) is 28.1 Å². The van der Waals surface area contributed by atoms with Crippen LogP contribution in [0.1, 0.15) is 13.8 Å². The highest BCUT2D eigenvalue weighted by atomic mass is 35.5. The molecule has 2 unspecified atom stereocenters. The van der Waals surface area contributed by atoms with Gasteiger partial charge in [0.25, 0.3) is 0 Å². The fourth-order valence-electron chi connectivity index (χ4n) is 0.722. The Bertz CT molecular complexity index is 109. The van der Waals surface area contributed by atoms with E-state index in [1.807, 2.05) is 0 Å². The minimum Gasteiger partial charge on any atom is -0.258 e. The molecule has 0 saturated carbocycles. The Hall–Kier alpha value is -0.0200. The average Bonchev–Trinajstić information content (AvgIpc) is 1.84. The summed E-state index contributed by atoms with van der Waals surface area (Å²) < 4.78 is 0. The fraction of sp³-hybridized carbons (Fsp3) is 1.00. The lowest BCUT2D eigenvalue weighted by molar-refractivity contribution is 0.289. The molecule has 11 heavy (non-hydrogen) atoms. The first-order valence-corrected chi connectivity index (χ1v) is 4.30. The van der Waals surface area contributed by atoms with Gasteiger partial charge in [0, 0.05) is 0 Å². The average molecular weight is 199 g/mol. The minimum absolute atomic E-state index is 0.0804. The first-order valence-electron chi connectivity index (χ1n) is 3.42. The van der Waals surface area contributed by atoms with Crippen LogP contribution < -0.4 is 0 Å². The van der Waals surface area contributed by atoms with Crippen molar-refractivity contribution in [3.8, 4) is 0 Å². The molecule has 0 fully saturated rings. The van der Waals surface area contributed by atoms with Gasteiger partial charge in [-0.2, -0.15) is 0 Å². The van der Waals surface area contributed by atoms with Crippen molar-refractivity contribution in [1.29, 1.82) is 0 Å². The van der Waals surface area contributed by atoms with Crippen molar-refractivity contribution < 1.29 is 0 Å². The van der Waals surface area contributed by atoms with Crippen LogP contribution in [0.15, 0.2) is 5.29 Å². The molecule has 2 atom stereocenters. The summed E-state index contributed by atoms with van der Waals surface area (Å²) in [6.07, 6.45) is 0. The van der Waals surface area contributed by atoms with Gasteiger partial charge in [-0.05, 0) is 13.8 Å². The van der Waals surface area contributed by atoms with Crippen molar-refractivity contribution in [3.05, 3.63) is 4.91 Å². The molecule has 66 valence electrons. The van der Waals surface area contributed by atoms with Gasteiger partial charge in [0.15, 0.2) is 0 Å². The summed E-state index contributed by atoms with van der Waals surface area (Å²) in [5, 5.41) is 3.95. The molecule has 0 aromatic rings. The molecule has 0 radical (unpaired) electrons. The molecule has 0 aliphatic heterocycles. The summed E-state index contributed by atoms with van der Waals surface area (Å²) in [5.74, 6) is 0. The standard InChI is InChI=1S/C6H12Cl2N2O/c1-5(7)3-10(9-11)4-6(2)8/h5-6H,3-4H2,1-2H3. The summed E-state index contributed by atoms with van der Waals surface area (Å²) in [6.45, 7) is 4.50. The van der Waals surface area contributed by atoms with Crippen LogP contribution in [0.25, 0.3) is 0 Å². The Kier molecular flexibility index (Phi) is 5.60. The quantitative estimate of drug-likeness (QED) is 0.386. The predicted octanol–water partition coefficient (Wildman–Crippen LogP) is 2.22. The molecule has 0 bridgehead atoms. The van der Waals surface area contributed by atoms with Crippen molar-refractivity contribution in [2.45, 2.75) is 24.6 Å². The number of halogens is 2. The maximum absolute atomic E-state index is 10.1. The Morgan fingerprint density at radius 2 is 1.64 bits per heavy atom. The van der Waals surface area contributed by atoms with Crippen LogP contribution in [-0.4, -0.2) is 28.9 Å². The van der Waals surface area contributed by atoms with Gasteiger partial charge in [-0.25, -0.2) is 0 Å². The number of hydrogen-bond acceptors (Lipinski definition) is 2. The molecule has 0 saturated heterocycles. The van der Waals surface area contributed by atoms with Crippen LogP contribution in [0, 0.1) is 4.91 Å². The fourth-order valence-corrected chi connectivity index (χ4v) is 1.04. The van der Waals surface area contributed by atoms with E-state index >= 15 is 0 Å². The van der Waals surface area contributed by atoms with E-state index in [1.165, 1.54) is 5.01 Å². The molecule has 0 heterocycles. The summed E-state index contributed by atoms with van der Waals surface area (Å²) in [4.78, 5) is 10.1. The Balaban J connectivity index is 3.67. The number of nitroso groups, excluding NO2 is 1. The second kappa shape index (κ2) is 5.61. The summed E-state index contributed by atoms with van der Waals surface area (Å²) in [5.41, 5.74) is 0. The molecule has 3 nitrogen and oxygen atoms in total. The molecule has 0 spiro atoms. The van der Waals surface area contributed by atoms with E-state index in [4.69, 9.17) is 23.2 Å². The normalized spacial score (nSPS) is 15.6. The predicted molar refractivity (Wildman–Crippen MR) is 48.0 cm³/mol. The van der Waals surface area contributed by atoms with Gasteiger partial charge in [0.1, 0.15) is 0 Å². The smallest absolute Gasteiger partial charge is 0.0554 e. The molecule has 0 aliphatic rings. The van der Waals surface area contributed by atoms with Crippen molar-refractivity contribution in [3.63, 3.8) is 0 Å². The van der Waals surface area contributed by atoms with Crippen molar-refractivity contribution in [2.24, 2.45) is 5.29 Å². The highest BCUT2D eigenvalue weighted by molar-refractivity contribution is 6.21. The van der Waals surface area contributed by atoms with Gasteiger partial charge in [0.05, 0.1) is 29.1 Å². The third-order valence-electron chi connectivity index (χ3n) is 1.04. The molecule has 0 rings (SSSR count). The second-order valence-corrected chi connectivity index (χ2v) is 4.00. The molecule has 5 heteroatoms. The summed E-state index contributed by atoms with van der Waals surface area (Å²) >= 11 is 11.3. The minimum atomic E-state index is -0.0804. The number of alkyl halides is 2. The molecule has 0 aromatic carbocycles. The van der Waals surface area contributed by atoms with Crippen LogP contribution in [0.2, 0.25) is 0 Å². The third kappa shape index (κ3) is 6.38. The zero-order valence-corrected chi connectivity index (χ0v) is 8.14. The van der Waals surface area contributed by atoms with E-state index in [0.717, 1.165) is 0 Å². The third-order valence-corrected chi connectivity index (χ3v) is 1.32.